The van der Waals surface area contributed by atoms with Gasteiger partial charge in [-0.3, -0.25) is 14.4 Å². The molecule has 12 heteroatoms. The number of fused-ring (bicyclic) bond motifs is 1. The summed E-state index contributed by atoms with van der Waals surface area (Å²) in [6, 6.07) is 2.96. The second-order valence-electron chi connectivity index (χ2n) is 8.72. The van der Waals surface area contributed by atoms with E-state index in [-0.39, 0.29) is 42.4 Å². The van der Waals surface area contributed by atoms with E-state index in [0.29, 0.717) is 32.4 Å². The summed E-state index contributed by atoms with van der Waals surface area (Å²) < 4.78 is 40.9. The predicted molar refractivity (Wildman–Crippen MR) is 113 cm³/mol. The Labute approximate surface area is 193 Å². The van der Waals surface area contributed by atoms with Crippen LogP contribution in [-0.4, -0.2) is 71.6 Å². The molecular weight excluding hydrogens is 457 g/mol. The first kappa shape index (κ1) is 23.8. The van der Waals surface area contributed by atoms with Gasteiger partial charge in [0.1, 0.15) is 11.8 Å². The number of benzene rings is 1. The molecule has 3 aliphatic heterocycles. The topological polar surface area (TPSA) is 99.3 Å². The minimum atomic E-state index is -4.84. The zero-order valence-corrected chi connectivity index (χ0v) is 18.5. The SMILES string of the molecule is CC(=O)N1CCC(C(=O)NC2CCN3C(=O)N(c4ccc(OC(F)(F)F)cc4)C(=O)C3C2)CC1. The van der Waals surface area contributed by atoms with Crippen molar-refractivity contribution >= 4 is 29.4 Å². The van der Waals surface area contributed by atoms with Gasteiger partial charge in [-0.2, -0.15) is 0 Å². The van der Waals surface area contributed by atoms with E-state index < -0.39 is 30.1 Å². The average molecular weight is 482 g/mol. The molecule has 34 heavy (non-hydrogen) atoms. The lowest BCUT2D eigenvalue weighted by atomic mass is 9.93. The molecule has 0 saturated carbocycles. The number of amides is 5. The molecule has 2 unspecified atom stereocenters. The van der Waals surface area contributed by atoms with E-state index in [1.54, 1.807) is 4.90 Å². The van der Waals surface area contributed by atoms with Crippen LogP contribution in [-0.2, 0) is 14.4 Å². The summed E-state index contributed by atoms with van der Waals surface area (Å²) >= 11 is 0. The molecule has 0 bridgehead atoms. The molecule has 3 saturated heterocycles. The second kappa shape index (κ2) is 9.15. The monoisotopic (exact) mass is 482 g/mol. The number of hydrogen-bond donors (Lipinski definition) is 1. The molecule has 1 aromatic carbocycles. The number of anilines is 1. The number of halogens is 3. The van der Waals surface area contributed by atoms with Crippen molar-refractivity contribution in [1.82, 2.24) is 15.1 Å². The fraction of sp³-hybridized carbons (Fsp3) is 0.545. The normalized spacial score (nSPS) is 23.7. The van der Waals surface area contributed by atoms with Crippen LogP contribution < -0.4 is 15.0 Å². The molecular formula is C22H25F3N4O5. The fourth-order valence-electron chi connectivity index (χ4n) is 4.74. The number of ether oxygens (including phenoxy) is 1. The number of carbonyl (C=O) groups excluding carboxylic acids is 4. The van der Waals surface area contributed by atoms with E-state index in [1.807, 2.05) is 0 Å². The van der Waals surface area contributed by atoms with Crippen LogP contribution in [0.25, 0.3) is 0 Å². The first-order chi connectivity index (χ1) is 16.0. The molecule has 0 radical (unpaired) electrons. The highest BCUT2D eigenvalue weighted by atomic mass is 19.4. The van der Waals surface area contributed by atoms with Crippen LogP contribution in [0.1, 0.15) is 32.6 Å². The number of carbonyl (C=O) groups is 4. The van der Waals surface area contributed by atoms with Crippen LogP contribution in [0, 0.1) is 5.92 Å². The maximum Gasteiger partial charge on any atom is 0.573 e. The standard InChI is InChI=1S/C22H25F3N4O5/c1-13(30)27-9-6-14(7-10-27)19(31)26-15-8-11-28-18(12-15)20(32)29(21(28)33)16-2-4-17(5-3-16)34-22(23,24)25/h2-5,14-15,18H,6-12H2,1H3,(H,26,31). The van der Waals surface area contributed by atoms with Crippen LogP contribution in [0.4, 0.5) is 23.7 Å². The minimum Gasteiger partial charge on any atom is -0.406 e. The molecule has 9 nitrogen and oxygen atoms in total. The molecule has 1 aromatic rings. The molecule has 5 amide bonds. The molecule has 2 atom stereocenters. The van der Waals surface area contributed by atoms with E-state index in [4.69, 9.17) is 0 Å². The van der Waals surface area contributed by atoms with Crippen molar-refractivity contribution in [3.63, 3.8) is 0 Å². The number of urea groups is 1. The Hall–Kier alpha value is -3.31. The van der Waals surface area contributed by atoms with Gasteiger partial charge >= 0.3 is 12.4 Å². The van der Waals surface area contributed by atoms with Crippen LogP contribution >= 0.6 is 0 Å². The van der Waals surface area contributed by atoms with Gasteiger partial charge in [0.25, 0.3) is 5.91 Å². The maximum atomic E-state index is 13.0. The second-order valence-corrected chi connectivity index (χ2v) is 8.72. The van der Waals surface area contributed by atoms with Crippen LogP contribution in [0.3, 0.4) is 0 Å². The van der Waals surface area contributed by atoms with Crippen LogP contribution in [0.5, 0.6) is 5.75 Å². The van der Waals surface area contributed by atoms with Gasteiger partial charge in [-0.1, -0.05) is 0 Å². The first-order valence-corrected chi connectivity index (χ1v) is 11.1. The minimum absolute atomic E-state index is 0.0114. The van der Waals surface area contributed by atoms with Crippen molar-refractivity contribution in [2.45, 2.75) is 51.1 Å². The molecule has 0 aliphatic carbocycles. The van der Waals surface area contributed by atoms with E-state index >= 15 is 0 Å². The number of imide groups is 1. The molecule has 3 aliphatic rings. The van der Waals surface area contributed by atoms with Crippen molar-refractivity contribution in [3.05, 3.63) is 24.3 Å². The number of nitrogens with zero attached hydrogens (tertiary/aromatic N) is 3. The van der Waals surface area contributed by atoms with Gasteiger partial charge in [-0.05, 0) is 49.9 Å². The maximum absolute atomic E-state index is 13.0. The van der Waals surface area contributed by atoms with E-state index in [9.17, 15) is 32.3 Å². The van der Waals surface area contributed by atoms with Crippen molar-refractivity contribution in [2.24, 2.45) is 5.92 Å². The number of nitrogens with one attached hydrogen (secondary N) is 1. The molecule has 0 spiro atoms. The number of rotatable bonds is 4. The third-order valence-corrected chi connectivity index (χ3v) is 6.53. The first-order valence-electron chi connectivity index (χ1n) is 11.1. The third-order valence-electron chi connectivity index (χ3n) is 6.53. The van der Waals surface area contributed by atoms with Gasteiger partial charge in [0.2, 0.25) is 11.8 Å². The highest BCUT2D eigenvalue weighted by Gasteiger charge is 2.49. The number of piperidine rings is 2. The zero-order chi connectivity index (χ0) is 24.6. The molecule has 3 heterocycles. The number of alkyl halides is 3. The largest absolute Gasteiger partial charge is 0.573 e. The molecule has 184 valence electrons. The molecule has 0 aromatic heterocycles. The molecule has 3 fully saturated rings. The lowest BCUT2D eigenvalue weighted by Gasteiger charge is -2.35. The summed E-state index contributed by atoms with van der Waals surface area (Å²) in [6.45, 7) is 2.84. The zero-order valence-electron chi connectivity index (χ0n) is 18.5. The lowest BCUT2D eigenvalue weighted by Crippen LogP contribution is -2.51. The third kappa shape index (κ3) is 4.95. The number of likely N-dealkylation sites (tertiary alicyclic amines) is 1. The number of hydrogen-bond acceptors (Lipinski definition) is 5. The van der Waals surface area contributed by atoms with E-state index in [0.717, 1.165) is 17.0 Å². The Balaban J connectivity index is 1.36. The van der Waals surface area contributed by atoms with Gasteiger partial charge in [-0.25, -0.2) is 9.69 Å². The van der Waals surface area contributed by atoms with Crippen molar-refractivity contribution in [3.8, 4) is 5.75 Å². The van der Waals surface area contributed by atoms with Gasteiger partial charge < -0.3 is 19.9 Å². The lowest BCUT2D eigenvalue weighted by molar-refractivity contribution is -0.274. The highest BCUT2D eigenvalue weighted by molar-refractivity contribution is 6.21. The van der Waals surface area contributed by atoms with Gasteiger partial charge in [0, 0.05) is 38.5 Å². The highest BCUT2D eigenvalue weighted by Crippen LogP contribution is 2.33. The predicted octanol–water partition coefficient (Wildman–Crippen LogP) is 2.26. The van der Waals surface area contributed by atoms with Gasteiger partial charge in [0.15, 0.2) is 0 Å². The Morgan fingerprint density at radius 3 is 2.26 bits per heavy atom. The van der Waals surface area contributed by atoms with Crippen molar-refractivity contribution in [2.75, 3.05) is 24.5 Å². The summed E-state index contributed by atoms with van der Waals surface area (Å²) in [7, 11) is 0. The summed E-state index contributed by atoms with van der Waals surface area (Å²) in [6.07, 6.45) is -2.95. The Morgan fingerprint density at radius 1 is 1.03 bits per heavy atom. The average Bonchev–Trinajstić information content (AvgIpc) is 3.03. The van der Waals surface area contributed by atoms with Crippen LogP contribution in [0.15, 0.2) is 24.3 Å². The molecule has 4 rings (SSSR count). The summed E-state index contributed by atoms with van der Waals surface area (Å²) in [4.78, 5) is 54.1. The summed E-state index contributed by atoms with van der Waals surface area (Å²) in [5.74, 6) is -1.27. The molecule has 1 N–H and O–H groups in total. The van der Waals surface area contributed by atoms with E-state index in [1.165, 1.54) is 24.0 Å². The smallest absolute Gasteiger partial charge is 0.406 e. The Bertz CT molecular complexity index is 976. The van der Waals surface area contributed by atoms with Crippen molar-refractivity contribution in [1.29, 1.82) is 0 Å². The summed E-state index contributed by atoms with van der Waals surface area (Å²) in [5, 5.41) is 2.99. The van der Waals surface area contributed by atoms with Gasteiger partial charge in [-0.15, -0.1) is 13.2 Å². The quantitative estimate of drug-likeness (QED) is 0.664. The summed E-state index contributed by atoms with van der Waals surface area (Å²) in [5.41, 5.74) is 0.150. The van der Waals surface area contributed by atoms with Crippen LogP contribution in [0.2, 0.25) is 0 Å². The van der Waals surface area contributed by atoms with Gasteiger partial charge in [0.05, 0.1) is 5.69 Å². The fourth-order valence-corrected chi connectivity index (χ4v) is 4.74. The van der Waals surface area contributed by atoms with Crippen molar-refractivity contribution < 1.29 is 37.1 Å². The Morgan fingerprint density at radius 2 is 1.68 bits per heavy atom. The Kier molecular flexibility index (Phi) is 6.41. The van der Waals surface area contributed by atoms with E-state index in [2.05, 4.69) is 10.1 Å².